The summed E-state index contributed by atoms with van der Waals surface area (Å²) in [6, 6.07) is 5.31. The SMILES string of the molecule is O=C(CCC(=O)N1CCOCC1)N=c1sccn1Cc1ccc(Cl)cc1Cl. The van der Waals surface area contributed by atoms with Gasteiger partial charge >= 0.3 is 0 Å². The van der Waals surface area contributed by atoms with Gasteiger partial charge in [0.15, 0.2) is 4.80 Å². The molecule has 2 heterocycles. The monoisotopic (exact) mass is 427 g/mol. The highest BCUT2D eigenvalue weighted by atomic mass is 35.5. The first-order chi connectivity index (χ1) is 13.0. The van der Waals surface area contributed by atoms with E-state index in [1.165, 1.54) is 11.3 Å². The number of nitrogens with zero attached hydrogens (tertiary/aromatic N) is 3. The number of amides is 2. The van der Waals surface area contributed by atoms with E-state index in [1.54, 1.807) is 17.0 Å². The lowest BCUT2D eigenvalue weighted by Crippen LogP contribution is -2.40. The van der Waals surface area contributed by atoms with Crippen LogP contribution in [0.3, 0.4) is 0 Å². The molecule has 2 aromatic rings. The summed E-state index contributed by atoms with van der Waals surface area (Å²) in [4.78, 5) is 30.8. The van der Waals surface area contributed by atoms with Gasteiger partial charge in [0.2, 0.25) is 11.8 Å². The van der Waals surface area contributed by atoms with E-state index in [4.69, 9.17) is 27.9 Å². The lowest BCUT2D eigenvalue weighted by atomic mass is 10.2. The Balaban J connectivity index is 1.62. The Bertz CT molecular complexity index is 888. The number of rotatable bonds is 5. The molecule has 0 unspecified atom stereocenters. The molecule has 1 fully saturated rings. The van der Waals surface area contributed by atoms with Crippen LogP contribution in [0.25, 0.3) is 0 Å². The summed E-state index contributed by atoms with van der Waals surface area (Å²) in [5, 5.41) is 2.99. The van der Waals surface area contributed by atoms with E-state index < -0.39 is 0 Å². The van der Waals surface area contributed by atoms with Crippen LogP contribution in [0.1, 0.15) is 18.4 Å². The van der Waals surface area contributed by atoms with Gasteiger partial charge in [0.1, 0.15) is 0 Å². The van der Waals surface area contributed by atoms with Crippen molar-refractivity contribution >= 4 is 46.4 Å². The van der Waals surface area contributed by atoms with Crippen LogP contribution >= 0.6 is 34.5 Å². The molecule has 0 N–H and O–H groups in total. The number of hydrogen-bond donors (Lipinski definition) is 0. The van der Waals surface area contributed by atoms with Gasteiger partial charge in [0.05, 0.1) is 19.8 Å². The number of morpholine rings is 1. The van der Waals surface area contributed by atoms with Crippen molar-refractivity contribution in [2.24, 2.45) is 4.99 Å². The molecule has 3 rings (SSSR count). The van der Waals surface area contributed by atoms with Gasteiger partial charge in [-0.1, -0.05) is 29.3 Å². The summed E-state index contributed by atoms with van der Waals surface area (Å²) >= 11 is 13.5. The van der Waals surface area contributed by atoms with Crippen molar-refractivity contribution in [3.05, 3.63) is 50.2 Å². The normalized spacial score (nSPS) is 15.2. The summed E-state index contributed by atoms with van der Waals surface area (Å²) in [6.45, 7) is 2.74. The molecule has 0 spiro atoms. The fourth-order valence-electron chi connectivity index (χ4n) is 2.69. The van der Waals surface area contributed by atoms with Crippen molar-refractivity contribution in [1.82, 2.24) is 9.47 Å². The van der Waals surface area contributed by atoms with E-state index in [-0.39, 0.29) is 24.7 Å². The molecular formula is C18H19Cl2N3O3S. The molecule has 9 heteroatoms. The van der Waals surface area contributed by atoms with Crippen molar-refractivity contribution < 1.29 is 14.3 Å². The van der Waals surface area contributed by atoms with Crippen LogP contribution in [0.4, 0.5) is 0 Å². The smallest absolute Gasteiger partial charge is 0.248 e. The average Bonchev–Trinajstić information content (AvgIpc) is 3.09. The van der Waals surface area contributed by atoms with Crippen molar-refractivity contribution in [2.75, 3.05) is 26.3 Å². The van der Waals surface area contributed by atoms with Gasteiger partial charge < -0.3 is 14.2 Å². The topological polar surface area (TPSA) is 63.9 Å². The Morgan fingerprint density at radius 3 is 2.70 bits per heavy atom. The Hall–Kier alpha value is -1.67. The number of hydrogen-bond acceptors (Lipinski definition) is 4. The van der Waals surface area contributed by atoms with E-state index in [0.29, 0.717) is 47.7 Å². The van der Waals surface area contributed by atoms with Crippen LogP contribution in [-0.4, -0.2) is 47.6 Å². The Morgan fingerprint density at radius 1 is 1.19 bits per heavy atom. The molecule has 1 saturated heterocycles. The molecule has 1 aliphatic rings. The second-order valence-corrected chi connectivity index (χ2v) is 7.76. The number of ether oxygens (including phenoxy) is 1. The average molecular weight is 428 g/mol. The molecule has 1 aliphatic heterocycles. The molecule has 0 bridgehead atoms. The molecule has 6 nitrogen and oxygen atoms in total. The van der Waals surface area contributed by atoms with Crippen LogP contribution in [0.5, 0.6) is 0 Å². The molecule has 0 saturated carbocycles. The lowest BCUT2D eigenvalue weighted by molar-refractivity contribution is -0.136. The molecule has 0 radical (unpaired) electrons. The van der Waals surface area contributed by atoms with Crippen LogP contribution in [0.15, 0.2) is 34.8 Å². The fourth-order valence-corrected chi connectivity index (χ4v) is 3.90. The van der Waals surface area contributed by atoms with Gasteiger partial charge in [-0.15, -0.1) is 11.3 Å². The predicted octanol–water partition coefficient (Wildman–Crippen LogP) is 2.97. The summed E-state index contributed by atoms with van der Waals surface area (Å²) in [7, 11) is 0. The van der Waals surface area contributed by atoms with Gasteiger partial charge in [0, 0.05) is 47.6 Å². The molecular weight excluding hydrogens is 409 g/mol. The fraction of sp³-hybridized carbons (Fsp3) is 0.389. The van der Waals surface area contributed by atoms with Crippen molar-refractivity contribution in [1.29, 1.82) is 0 Å². The first kappa shape index (κ1) is 20.1. The molecule has 144 valence electrons. The predicted molar refractivity (Wildman–Crippen MR) is 105 cm³/mol. The summed E-state index contributed by atoms with van der Waals surface area (Å²) in [5.74, 6) is -0.344. The third-order valence-electron chi connectivity index (χ3n) is 4.15. The number of thiazole rings is 1. The van der Waals surface area contributed by atoms with Gasteiger partial charge in [-0.05, 0) is 17.7 Å². The second kappa shape index (κ2) is 9.50. The van der Waals surface area contributed by atoms with Crippen molar-refractivity contribution in [2.45, 2.75) is 19.4 Å². The molecule has 2 amide bonds. The maximum absolute atomic E-state index is 12.2. The minimum atomic E-state index is -0.310. The van der Waals surface area contributed by atoms with E-state index in [2.05, 4.69) is 4.99 Å². The third kappa shape index (κ3) is 5.65. The zero-order valence-electron chi connectivity index (χ0n) is 14.6. The summed E-state index contributed by atoms with van der Waals surface area (Å²) < 4.78 is 7.07. The zero-order valence-corrected chi connectivity index (χ0v) is 16.9. The van der Waals surface area contributed by atoms with Gasteiger partial charge in [-0.3, -0.25) is 9.59 Å². The van der Waals surface area contributed by atoms with E-state index in [1.807, 2.05) is 22.2 Å². The number of carbonyl (C=O) groups excluding carboxylic acids is 2. The highest BCUT2D eigenvalue weighted by Gasteiger charge is 2.17. The molecule has 0 aliphatic carbocycles. The molecule has 0 atom stereocenters. The second-order valence-electron chi connectivity index (χ2n) is 6.05. The van der Waals surface area contributed by atoms with Gasteiger partial charge in [-0.2, -0.15) is 4.99 Å². The Morgan fingerprint density at radius 2 is 1.96 bits per heavy atom. The lowest BCUT2D eigenvalue weighted by Gasteiger charge is -2.26. The number of aromatic nitrogens is 1. The number of halogens is 2. The Labute approximate surface area is 171 Å². The maximum Gasteiger partial charge on any atom is 0.248 e. The van der Waals surface area contributed by atoms with E-state index >= 15 is 0 Å². The largest absolute Gasteiger partial charge is 0.378 e. The third-order valence-corrected chi connectivity index (χ3v) is 5.53. The highest BCUT2D eigenvalue weighted by Crippen LogP contribution is 2.21. The van der Waals surface area contributed by atoms with Crippen LogP contribution in [0, 0.1) is 0 Å². The number of benzene rings is 1. The standard InChI is InChI=1S/C18H19Cl2N3O3S/c19-14-2-1-13(15(20)11-14)12-23-7-10-27-18(23)21-16(24)3-4-17(25)22-5-8-26-9-6-22/h1-2,7,10-11H,3-6,8-9,12H2. The minimum Gasteiger partial charge on any atom is -0.378 e. The van der Waals surface area contributed by atoms with Crippen molar-refractivity contribution in [3.63, 3.8) is 0 Å². The van der Waals surface area contributed by atoms with Gasteiger partial charge in [0.25, 0.3) is 0 Å². The zero-order chi connectivity index (χ0) is 19.2. The first-order valence-electron chi connectivity index (χ1n) is 8.54. The number of carbonyl (C=O) groups is 2. The maximum atomic E-state index is 12.2. The van der Waals surface area contributed by atoms with Crippen LogP contribution < -0.4 is 4.80 Å². The quantitative estimate of drug-likeness (QED) is 0.736. The molecule has 1 aromatic heterocycles. The summed E-state index contributed by atoms with van der Waals surface area (Å²) in [6.07, 6.45) is 2.10. The highest BCUT2D eigenvalue weighted by molar-refractivity contribution is 7.07. The first-order valence-corrected chi connectivity index (χ1v) is 10.2. The van der Waals surface area contributed by atoms with E-state index in [0.717, 1.165) is 5.56 Å². The Kier molecular flexibility index (Phi) is 7.07. The summed E-state index contributed by atoms with van der Waals surface area (Å²) in [5.41, 5.74) is 0.885. The van der Waals surface area contributed by atoms with Crippen molar-refractivity contribution in [3.8, 4) is 0 Å². The van der Waals surface area contributed by atoms with Crippen LogP contribution in [0.2, 0.25) is 10.0 Å². The van der Waals surface area contributed by atoms with E-state index in [9.17, 15) is 9.59 Å². The van der Waals surface area contributed by atoms with Gasteiger partial charge in [-0.25, -0.2) is 0 Å². The van der Waals surface area contributed by atoms with Crippen LogP contribution in [-0.2, 0) is 20.9 Å². The minimum absolute atomic E-state index is 0.0335. The molecule has 1 aromatic carbocycles. The molecule has 27 heavy (non-hydrogen) atoms.